The van der Waals surface area contributed by atoms with Gasteiger partial charge >= 0.3 is 0 Å². The van der Waals surface area contributed by atoms with E-state index in [2.05, 4.69) is 10.3 Å². The molecule has 1 N–H and O–H groups in total. The third-order valence-corrected chi connectivity index (χ3v) is 7.28. The first-order valence-corrected chi connectivity index (χ1v) is 11.0. The molecule has 28 heavy (non-hydrogen) atoms. The molecule has 2 aliphatic rings. The van der Waals surface area contributed by atoms with Crippen LogP contribution >= 0.6 is 0 Å². The highest BCUT2D eigenvalue weighted by Gasteiger charge is 2.28. The molecule has 0 bridgehead atoms. The second-order valence-corrected chi connectivity index (χ2v) is 9.13. The van der Waals surface area contributed by atoms with Crippen LogP contribution in [0.3, 0.4) is 0 Å². The molecule has 0 atom stereocenters. The highest BCUT2D eigenvalue weighted by atomic mass is 32.2. The number of aryl methyl sites for hydroxylation is 1. The number of rotatable bonds is 3. The van der Waals surface area contributed by atoms with E-state index in [1.807, 2.05) is 24.3 Å². The summed E-state index contributed by atoms with van der Waals surface area (Å²) in [6.45, 7) is 2.89. The molecule has 1 saturated heterocycles. The maximum absolute atomic E-state index is 13.2. The van der Waals surface area contributed by atoms with Gasteiger partial charge in [-0.05, 0) is 43.5 Å². The minimum absolute atomic E-state index is 0.267. The van der Waals surface area contributed by atoms with E-state index in [-0.39, 0.29) is 10.8 Å². The van der Waals surface area contributed by atoms with E-state index in [0.717, 1.165) is 36.9 Å². The molecule has 0 unspecified atom stereocenters. The van der Waals surface area contributed by atoms with E-state index >= 15 is 0 Å². The molecule has 0 aromatic heterocycles. The van der Waals surface area contributed by atoms with Crippen LogP contribution in [0.4, 0.5) is 11.4 Å². The SMILES string of the molecule is Cc1ccc(N=C2C(=O)Nc3ccccc32)cc1S(=O)(=O)N1CCCCCC1. The van der Waals surface area contributed by atoms with Crippen LogP contribution in [0.1, 0.15) is 36.8 Å². The Hall–Kier alpha value is -2.51. The van der Waals surface area contributed by atoms with E-state index in [4.69, 9.17) is 0 Å². The van der Waals surface area contributed by atoms with Crippen LogP contribution in [0.25, 0.3) is 0 Å². The average Bonchev–Trinajstić information content (AvgIpc) is 2.86. The van der Waals surface area contributed by atoms with Gasteiger partial charge in [-0.25, -0.2) is 13.4 Å². The van der Waals surface area contributed by atoms with E-state index in [9.17, 15) is 13.2 Å². The van der Waals surface area contributed by atoms with Crippen molar-refractivity contribution in [1.29, 1.82) is 0 Å². The molecule has 6 nitrogen and oxygen atoms in total. The summed E-state index contributed by atoms with van der Waals surface area (Å²) in [6.07, 6.45) is 3.90. The molecule has 4 rings (SSSR count). The van der Waals surface area contributed by atoms with Gasteiger partial charge in [0.15, 0.2) is 0 Å². The molecule has 0 spiro atoms. The van der Waals surface area contributed by atoms with Gasteiger partial charge in [-0.15, -0.1) is 0 Å². The number of carbonyl (C=O) groups is 1. The molecule has 2 heterocycles. The third kappa shape index (κ3) is 3.47. The number of nitrogens with one attached hydrogen (secondary N) is 1. The number of hydrogen-bond acceptors (Lipinski definition) is 4. The van der Waals surface area contributed by atoms with Gasteiger partial charge in [0.05, 0.1) is 16.3 Å². The predicted octanol–water partition coefficient (Wildman–Crippen LogP) is 3.63. The molecule has 2 aromatic carbocycles. The van der Waals surface area contributed by atoms with Crippen LogP contribution in [0, 0.1) is 6.92 Å². The molecule has 0 aliphatic carbocycles. The zero-order chi connectivity index (χ0) is 19.7. The summed E-state index contributed by atoms with van der Waals surface area (Å²) in [5, 5.41) is 2.79. The Morgan fingerprint density at radius 1 is 1.00 bits per heavy atom. The minimum atomic E-state index is -3.58. The first-order chi connectivity index (χ1) is 13.5. The standard InChI is InChI=1S/C21H23N3O3S/c1-15-10-11-16(22-20-17-8-4-5-9-18(17)23-21(20)25)14-19(15)28(26,27)24-12-6-2-3-7-13-24/h4-5,8-11,14H,2-3,6-7,12-13H2,1H3,(H,22,23,25). The quantitative estimate of drug-likeness (QED) is 0.859. The highest BCUT2D eigenvalue weighted by molar-refractivity contribution is 7.89. The number of aliphatic imine (C=N–C) groups is 1. The monoisotopic (exact) mass is 397 g/mol. The Labute approximate surface area is 165 Å². The van der Waals surface area contributed by atoms with Crippen LogP contribution in [-0.4, -0.2) is 37.4 Å². The number of sulfonamides is 1. The van der Waals surface area contributed by atoms with Crippen molar-refractivity contribution in [3.8, 4) is 0 Å². The van der Waals surface area contributed by atoms with Crippen LogP contribution < -0.4 is 5.32 Å². The van der Waals surface area contributed by atoms with Crippen molar-refractivity contribution in [2.45, 2.75) is 37.5 Å². The first kappa shape index (κ1) is 18.8. The number of benzene rings is 2. The smallest absolute Gasteiger partial charge is 0.275 e. The van der Waals surface area contributed by atoms with Crippen LogP contribution in [0.5, 0.6) is 0 Å². The number of nitrogens with zero attached hydrogens (tertiary/aromatic N) is 2. The Morgan fingerprint density at radius 2 is 1.71 bits per heavy atom. The Morgan fingerprint density at radius 3 is 2.46 bits per heavy atom. The number of anilines is 1. The van der Waals surface area contributed by atoms with Crippen molar-refractivity contribution in [3.63, 3.8) is 0 Å². The summed E-state index contributed by atoms with van der Waals surface area (Å²) < 4.78 is 28.0. The first-order valence-electron chi connectivity index (χ1n) is 9.57. The summed E-state index contributed by atoms with van der Waals surface area (Å²) in [5.74, 6) is -0.279. The van der Waals surface area contributed by atoms with Crippen LogP contribution in [-0.2, 0) is 14.8 Å². The Balaban J connectivity index is 1.73. The van der Waals surface area contributed by atoms with Gasteiger partial charge < -0.3 is 5.32 Å². The van der Waals surface area contributed by atoms with E-state index in [0.29, 0.717) is 30.1 Å². The van der Waals surface area contributed by atoms with Gasteiger partial charge in [-0.3, -0.25) is 4.79 Å². The fourth-order valence-electron chi connectivity index (χ4n) is 3.70. The molecule has 146 valence electrons. The lowest BCUT2D eigenvalue weighted by Gasteiger charge is -2.21. The van der Waals surface area contributed by atoms with Crippen molar-refractivity contribution in [3.05, 3.63) is 53.6 Å². The Kier molecular flexibility index (Phi) is 5.03. The second-order valence-electron chi connectivity index (χ2n) is 7.23. The summed E-state index contributed by atoms with van der Waals surface area (Å²) in [7, 11) is -3.58. The van der Waals surface area contributed by atoms with Gasteiger partial charge in [-0.1, -0.05) is 37.1 Å². The van der Waals surface area contributed by atoms with Gasteiger partial charge in [-0.2, -0.15) is 4.31 Å². The van der Waals surface area contributed by atoms with Gasteiger partial charge in [0.1, 0.15) is 5.71 Å². The molecule has 1 fully saturated rings. The molecule has 0 radical (unpaired) electrons. The molecule has 2 aromatic rings. The number of amides is 1. The summed E-state index contributed by atoms with van der Waals surface area (Å²) in [6, 6.07) is 12.4. The van der Waals surface area contributed by atoms with Gasteiger partial charge in [0.25, 0.3) is 5.91 Å². The lowest BCUT2D eigenvalue weighted by molar-refractivity contribution is -0.110. The maximum atomic E-state index is 13.2. The van der Waals surface area contributed by atoms with Gasteiger partial charge in [0.2, 0.25) is 10.0 Å². The zero-order valence-corrected chi connectivity index (χ0v) is 16.6. The summed E-state index contributed by atoms with van der Waals surface area (Å²) in [4.78, 5) is 17.0. The van der Waals surface area contributed by atoms with E-state index in [1.54, 1.807) is 29.4 Å². The summed E-state index contributed by atoms with van der Waals surface area (Å²) in [5.41, 5.74) is 2.89. The predicted molar refractivity (Wildman–Crippen MR) is 110 cm³/mol. The molecule has 1 amide bonds. The lowest BCUT2D eigenvalue weighted by atomic mass is 10.1. The molecule has 0 saturated carbocycles. The second kappa shape index (κ2) is 7.48. The number of para-hydroxylation sites is 1. The largest absolute Gasteiger partial charge is 0.320 e. The van der Waals surface area contributed by atoms with Crippen molar-refractivity contribution >= 4 is 33.0 Å². The fraction of sp³-hybridized carbons (Fsp3) is 0.333. The van der Waals surface area contributed by atoms with Crippen molar-refractivity contribution < 1.29 is 13.2 Å². The lowest BCUT2D eigenvalue weighted by Crippen LogP contribution is -2.32. The number of fused-ring (bicyclic) bond motifs is 1. The van der Waals surface area contributed by atoms with Crippen molar-refractivity contribution in [1.82, 2.24) is 4.31 Å². The summed E-state index contributed by atoms with van der Waals surface area (Å²) >= 11 is 0. The van der Waals surface area contributed by atoms with Crippen molar-refractivity contribution in [2.75, 3.05) is 18.4 Å². The Bertz CT molecular complexity index is 1050. The van der Waals surface area contributed by atoms with Crippen LogP contribution in [0.2, 0.25) is 0 Å². The average molecular weight is 398 g/mol. The van der Waals surface area contributed by atoms with Crippen LogP contribution in [0.15, 0.2) is 52.4 Å². The highest BCUT2D eigenvalue weighted by Crippen LogP contribution is 2.29. The fourth-order valence-corrected chi connectivity index (χ4v) is 5.46. The molecular weight excluding hydrogens is 374 g/mol. The number of hydrogen-bond donors (Lipinski definition) is 1. The maximum Gasteiger partial charge on any atom is 0.275 e. The number of carbonyl (C=O) groups excluding carboxylic acids is 1. The normalized spacial score (nSPS) is 19.3. The van der Waals surface area contributed by atoms with Crippen molar-refractivity contribution in [2.24, 2.45) is 4.99 Å². The van der Waals surface area contributed by atoms with E-state index in [1.165, 1.54) is 0 Å². The topological polar surface area (TPSA) is 78.8 Å². The zero-order valence-electron chi connectivity index (χ0n) is 15.8. The van der Waals surface area contributed by atoms with E-state index < -0.39 is 10.0 Å². The molecule has 7 heteroatoms. The third-order valence-electron chi connectivity index (χ3n) is 5.24. The molecular formula is C21H23N3O3S. The minimum Gasteiger partial charge on any atom is -0.320 e. The van der Waals surface area contributed by atoms with Gasteiger partial charge in [0, 0.05) is 18.7 Å². The molecule has 2 aliphatic heterocycles.